The van der Waals surface area contributed by atoms with Gasteiger partial charge in [-0.25, -0.2) is 19.5 Å². The van der Waals surface area contributed by atoms with Crippen LogP contribution in [-0.2, 0) is 14.3 Å². The maximum Gasteiger partial charge on any atom is 0.423 e. The molecule has 13 heteroatoms. The van der Waals surface area contributed by atoms with Gasteiger partial charge in [0.05, 0.1) is 23.7 Å². The molecule has 1 aromatic heterocycles. The number of aliphatic imine (C=N–C) groups is 1. The number of nitrogens with zero attached hydrogens (tertiary/aromatic N) is 5. The van der Waals surface area contributed by atoms with Gasteiger partial charge < -0.3 is 20.1 Å². The molecule has 0 bridgehead atoms. The first-order valence-corrected chi connectivity index (χ1v) is 14.1. The molecule has 0 fully saturated rings. The molecule has 1 unspecified atom stereocenters. The Kier molecular flexibility index (Phi) is 10.2. The van der Waals surface area contributed by atoms with Crippen LogP contribution >= 0.6 is 0 Å². The predicted octanol–water partition coefficient (Wildman–Crippen LogP) is 3.37. The lowest BCUT2D eigenvalue weighted by atomic mass is 10.0. The molecule has 0 radical (unpaired) electrons. The number of ether oxygens (including phenoxy) is 2. The van der Waals surface area contributed by atoms with Gasteiger partial charge in [-0.2, -0.15) is 5.10 Å². The van der Waals surface area contributed by atoms with E-state index >= 15 is 0 Å². The quantitative estimate of drug-likeness (QED) is 0.316. The number of pyridine rings is 1. The van der Waals surface area contributed by atoms with Crippen LogP contribution < -0.4 is 15.5 Å². The molecule has 0 saturated carbocycles. The van der Waals surface area contributed by atoms with E-state index in [0.717, 1.165) is 12.8 Å². The number of carbonyl (C=O) groups excluding carboxylic acids is 4. The summed E-state index contributed by atoms with van der Waals surface area (Å²) < 4.78 is 10.6. The zero-order chi connectivity index (χ0) is 30.9. The van der Waals surface area contributed by atoms with E-state index in [1.165, 1.54) is 29.7 Å². The molecule has 3 amide bonds. The zero-order valence-corrected chi connectivity index (χ0v) is 24.6. The largest absolute Gasteiger partial charge is 0.424 e. The normalized spacial score (nSPS) is 15.4. The second-order valence-electron chi connectivity index (χ2n) is 9.94. The lowest BCUT2D eigenvalue weighted by Gasteiger charge is -2.30. The van der Waals surface area contributed by atoms with Crippen LogP contribution in [0.5, 0.6) is 0 Å². The van der Waals surface area contributed by atoms with Gasteiger partial charge in [-0.15, -0.1) is 0 Å². The number of rotatable bonds is 10. The second kappa shape index (κ2) is 14.2. The summed E-state index contributed by atoms with van der Waals surface area (Å²) in [4.78, 5) is 61.5. The monoisotopic (exact) mass is 589 g/mol. The Morgan fingerprint density at radius 2 is 1.79 bits per heavy atom. The highest BCUT2D eigenvalue weighted by Crippen LogP contribution is 2.34. The summed E-state index contributed by atoms with van der Waals surface area (Å²) in [6, 6.07) is 8.05. The van der Waals surface area contributed by atoms with Crippen molar-refractivity contribution in [3.63, 3.8) is 0 Å². The van der Waals surface area contributed by atoms with Crippen molar-refractivity contribution in [1.29, 1.82) is 0 Å². The summed E-state index contributed by atoms with van der Waals surface area (Å²) in [5.41, 5.74) is 2.61. The number of carbonyl (C=O) groups is 4. The van der Waals surface area contributed by atoms with Gasteiger partial charge in [0.15, 0.2) is 5.84 Å². The SMILES string of the molecule is CCCNC(=O)c1ccc(C)c(N(C(=O)OCOC(=O)c2cccnc2)C2=NC=NN3CC(C(=O)NCCC)C(C)=C23)c1. The number of fused-ring (bicyclic) bond motifs is 1. The highest BCUT2D eigenvalue weighted by molar-refractivity contribution is 6.24. The van der Waals surface area contributed by atoms with Crippen LogP contribution in [-0.4, -0.2) is 72.5 Å². The third-order valence-corrected chi connectivity index (χ3v) is 6.87. The predicted molar refractivity (Wildman–Crippen MR) is 159 cm³/mol. The molecule has 3 heterocycles. The minimum atomic E-state index is -0.915. The molecule has 0 saturated heterocycles. The number of hydrogen-bond donors (Lipinski definition) is 2. The van der Waals surface area contributed by atoms with Crippen molar-refractivity contribution in [3.05, 3.63) is 70.7 Å². The van der Waals surface area contributed by atoms with Crippen molar-refractivity contribution < 1.29 is 28.7 Å². The van der Waals surface area contributed by atoms with E-state index in [4.69, 9.17) is 9.47 Å². The molecule has 2 aliphatic rings. The topological polar surface area (TPSA) is 155 Å². The van der Waals surface area contributed by atoms with Crippen molar-refractivity contribution >= 4 is 41.7 Å². The number of aryl methyl sites for hydroxylation is 1. The third kappa shape index (κ3) is 7.05. The second-order valence-corrected chi connectivity index (χ2v) is 9.94. The average molecular weight is 590 g/mol. The van der Waals surface area contributed by atoms with Gasteiger partial charge in [-0.05, 0) is 62.1 Å². The molecule has 226 valence electrons. The molecular weight excluding hydrogens is 554 g/mol. The standard InChI is InChI=1S/C30H35N7O6/c1-5-11-32-27(38)21-10-9-19(3)24(14-21)37(30(41)43-18-42-29(40)22-8-7-13-31-15-22)26-25-20(4)23(28(39)33-12-6-2)16-36(25)35-17-34-26/h7-10,13-15,17,23H,5-6,11-12,16,18H2,1-4H3,(H,32,38)(H,33,39). The minimum absolute atomic E-state index is 0.149. The van der Waals surface area contributed by atoms with Gasteiger partial charge in [-0.1, -0.05) is 19.9 Å². The van der Waals surface area contributed by atoms with E-state index in [1.807, 2.05) is 13.8 Å². The average Bonchev–Trinajstić information content (AvgIpc) is 3.36. The maximum atomic E-state index is 13.8. The Labute approximate surface area is 249 Å². The first kappa shape index (κ1) is 30.9. The van der Waals surface area contributed by atoms with E-state index in [1.54, 1.807) is 43.1 Å². The Morgan fingerprint density at radius 3 is 2.51 bits per heavy atom. The fraction of sp³-hybridized carbons (Fsp3) is 0.367. The number of hydrazone groups is 1. The molecule has 43 heavy (non-hydrogen) atoms. The van der Waals surface area contributed by atoms with Gasteiger partial charge in [0, 0.05) is 31.0 Å². The van der Waals surface area contributed by atoms with E-state index in [2.05, 4.69) is 25.7 Å². The summed E-state index contributed by atoms with van der Waals surface area (Å²) in [5.74, 6) is -1.55. The molecule has 2 N–H and O–H groups in total. The van der Waals surface area contributed by atoms with E-state index in [9.17, 15) is 19.2 Å². The number of esters is 1. The van der Waals surface area contributed by atoms with Gasteiger partial charge in [0.2, 0.25) is 12.7 Å². The highest BCUT2D eigenvalue weighted by atomic mass is 16.7. The van der Waals surface area contributed by atoms with Crippen LogP contribution in [0.2, 0.25) is 0 Å². The molecule has 0 aliphatic carbocycles. The van der Waals surface area contributed by atoms with Crippen LogP contribution in [0, 0.1) is 12.8 Å². The maximum absolute atomic E-state index is 13.8. The molecule has 13 nitrogen and oxygen atoms in total. The van der Waals surface area contributed by atoms with E-state index < -0.39 is 24.8 Å². The van der Waals surface area contributed by atoms with Gasteiger partial charge >= 0.3 is 12.1 Å². The highest BCUT2D eigenvalue weighted by Gasteiger charge is 2.41. The fourth-order valence-corrected chi connectivity index (χ4v) is 4.58. The van der Waals surface area contributed by atoms with Crippen molar-refractivity contribution in [3.8, 4) is 0 Å². The molecule has 1 atom stereocenters. The first-order chi connectivity index (χ1) is 20.8. The Hall–Kier alpha value is -5.07. The molecule has 0 spiro atoms. The van der Waals surface area contributed by atoms with Crippen LogP contribution in [0.1, 0.15) is 59.9 Å². The number of anilines is 1. The summed E-state index contributed by atoms with van der Waals surface area (Å²) >= 11 is 0. The molecule has 2 aromatic rings. The molecule has 2 aliphatic heterocycles. The Balaban J connectivity index is 1.69. The summed E-state index contributed by atoms with van der Waals surface area (Å²) in [5, 5.41) is 11.7. The number of hydrogen-bond acceptors (Lipinski definition) is 10. The molecule has 4 rings (SSSR count). The van der Waals surface area contributed by atoms with Crippen LogP contribution in [0.15, 0.2) is 64.1 Å². The Bertz CT molecular complexity index is 1470. The van der Waals surface area contributed by atoms with Crippen molar-refractivity contribution in [1.82, 2.24) is 20.6 Å². The number of benzene rings is 1. The zero-order valence-electron chi connectivity index (χ0n) is 24.6. The summed E-state index contributed by atoms with van der Waals surface area (Å²) in [6.45, 7) is 8.07. The third-order valence-electron chi connectivity index (χ3n) is 6.87. The van der Waals surface area contributed by atoms with Crippen molar-refractivity contribution in [2.75, 3.05) is 31.3 Å². The summed E-state index contributed by atoms with van der Waals surface area (Å²) in [7, 11) is 0. The number of nitrogens with one attached hydrogen (secondary N) is 2. The smallest absolute Gasteiger partial charge is 0.423 e. The van der Waals surface area contributed by atoms with Crippen LogP contribution in [0.25, 0.3) is 0 Å². The van der Waals surface area contributed by atoms with Gasteiger partial charge in [0.25, 0.3) is 5.91 Å². The summed E-state index contributed by atoms with van der Waals surface area (Å²) in [6.07, 6.45) is 4.77. The molecular formula is C30H35N7O6. The van der Waals surface area contributed by atoms with E-state index in [0.29, 0.717) is 41.2 Å². The minimum Gasteiger partial charge on any atom is -0.424 e. The van der Waals surface area contributed by atoms with Crippen molar-refractivity contribution in [2.24, 2.45) is 16.0 Å². The lowest BCUT2D eigenvalue weighted by molar-refractivity contribution is -0.123. The van der Waals surface area contributed by atoms with Crippen LogP contribution in [0.4, 0.5) is 10.5 Å². The number of amidine groups is 1. The van der Waals surface area contributed by atoms with E-state index in [-0.39, 0.29) is 29.8 Å². The van der Waals surface area contributed by atoms with Crippen molar-refractivity contribution in [2.45, 2.75) is 40.5 Å². The molecule has 1 aromatic carbocycles. The lowest BCUT2D eigenvalue weighted by Crippen LogP contribution is -2.43. The van der Waals surface area contributed by atoms with Crippen LogP contribution in [0.3, 0.4) is 0 Å². The Morgan fingerprint density at radius 1 is 1.02 bits per heavy atom. The van der Waals surface area contributed by atoms with Gasteiger partial charge in [0.1, 0.15) is 12.0 Å². The number of aromatic nitrogens is 1. The number of amides is 3. The fourth-order valence-electron chi connectivity index (χ4n) is 4.58. The first-order valence-electron chi connectivity index (χ1n) is 14.1. The van der Waals surface area contributed by atoms with Gasteiger partial charge in [-0.3, -0.25) is 19.6 Å².